The van der Waals surface area contributed by atoms with E-state index >= 15 is 0 Å². The van der Waals surface area contributed by atoms with Crippen molar-refractivity contribution < 1.29 is 17.0 Å². The van der Waals surface area contributed by atoms with Gasteiger partial charge in [0.1, 0.15) is 0 Å². The third-order valence-electron chi connectivity index (χ3n) is 2.40. The molecule has 0 amide bonds. The molecule has 1 aromatic rings. The van der Waals surface area contributed by atoms with Crippen molar-refractivity contribution in [3.8, 4) is 0 Å². The van der Waals surface area contributed by atoms with Gasteiger partial charge in [-0.05, 0) is 29.4 Å². The van der Waals surface area contributed by atoms with Crippen LogP contribution >= 0.6 is 0 Å². The zero-order valence-corrected chi connectivity index (χ0v) is 13.3. The van der Waals surface area contributed by atoms with Gasteiger partial charge in [0.05, 0.1) is 11.4 Å². The highest BCUT2D eigenvalue weighted by Crippen LogP contribution is 2.22. The maximum absolute atomic E-state index is 11.6. The van der Waals surface area contributed by atoms with Gasteiger partial charge >= 0.3 is 10.4 Å². The van der Waals surface area contributed by atoms with Crippen LogP contribution in [0.1, 0.15) is 0 Å². The lowest BCUT2D eigenvalue weighted by molar-refractivity contribution is 0.224. The summed E-state index contributed by atoms with van der Waals surface area (Å²) in [4.78, 5) is 11.1. The normalized spacial score (nSPS) is 21.6. The van der Waals surface area contributed by atoms with Crippen molar-refractivity contribution in [2.75, 3.05) is 5.06 Å². The van der Waals surface area contributed by atoms with E-state index in [1.807, 2.05) is 0 Å². The fourth-order valence-corrected chi connectivity index (χ4v) is 2.08. The number of hydrogen-bond acceptors (Lipinski definition) is 10. The third kappa shape index (κ3) is 4.94. The average Bonchev–Trinajstić information content (AvgIpc) is 2.50. The van der Waals surface area contributed by atoms with Crippen LogP contribution in [0.4, 0.5) is 11.4 Å². The molecule has 0 unspecified atom stereocenters. The Morgan fingerprint density at radius 3 is 2.36 bits per heavy atom. The molecule has 1 heterocycles. The van der Waals surface area contributed by atoms with Crippen LogP contribution in [-0.4, -0.2) is 32.3 Å². The predicted molar refractivity (Wildman–Crippen MR) is 90.3 cm³/mol. The smallest absolute Gasteiger partial charge is 0.370 e. The summed E-state index contributed by atoms with van der Waals surface area (Å²) in [6.07, 6.45) is 0. The van der Waals surface area contributed by atoms with Crippen molar-refractivity contribution in [2.24, 2.45) is 48.8 Å². The molecule has 1 aliphatic rings. The molecular weight excluding hydrogens is 356 g/mol. The van der Waals surface area contributed by atoms with Gasteiger partial charge in [-0.25, -0.2) is 9.28 Å². The van der Waals surface area contributed by atoms with E-state index in [4.69, 9.17) is 28.7 Å². The summed E-state index contributed by atoms with van der Waals surface area (Å²) in [6.45, 7) is 0. The van der Waals surface area contributed by atoms with E-state index in [1.54, 1.807) is 0 Å². The Hall–Kier alpha value is -3.59. The van der Waals surface area contributed by atoms with Gasteiger partial charge in [-0.1, -0.05) is 0 Å². The second kappa shape index (κ2) is 6.89. The topological polar surface area (TPSA) is 235 Å². The molecule has 0 atom stereocenters. The molecule has 0 radical (unpaired) electrons. The van der Waals surface area contributed by atoms with Crippen LogP contribution in [0.5, 0.6) is 0 Å². The van der Waals surface area contributed by atoms with Crippen LogP contribution in [0.2, 0.25) is 0 Å². The number of guanidine groups is 4. The number of hydroxylamine groups is 1. The van der Waals surface area contributed by atoms with Crippen molar-refractivity contribution in [3.05, 3.63) is 24.3 Å². The monoisotopic (exact) mass is 370 g/mol. The van der Waals surface area contributed by atoms with Gasteiger partial charge in [0.2, 0.25) is 11.9 Å². The fraction of sp³-hybridized carbons (Fsp3) is 0. The van der Waals surface area contributed by atoms with Crippen LogP contribution in [0.15, 0.2) is 44.4 Å². The number of anilines is 1. The Morgan fingerprint density at radius 1 is 1.12 bits per heavy atom. The van der Waals surface area contributed by atoms with Crippen LogP contribution in [0.3, 0.4) is 0 Å². The van der Waals surface area contributed by atoms with E-state index in [2.05, 4.69) is 28.7 Å². The number of nitrogens with zero attached hydrogens (tertiary/aromatic N) is 5. The zero-order valence-electron chi connectivity index (χ0n) is 12.5. The Morgan fingerprint density at radius 2 is 1.76 bits per heavy atom. The van der Waals surface area contributed by atoms with Gasteiger partial charge in [0.15, 0.2) is 5.96 Å². The lowest BCUT2D eigenvalue weighted by Crippen LogP contribution is -2.41. The van der Waals surface area contributed by atoms with Crippen LogP contribution < -0.4 is 33.7 Å². The second-order valence-electron chi connectivity index (χ2n) is 4.29. The lowest BCUT2D eigenvalue weighted by Gasteiger charge is -2.21. The van der Waals surface area contributed by atoms with E-state index in [9.17, 15) is 8.42 Å². The largest absolute Gasteiger partial charge is 0.491 e. The number of hydrogen-bond donors (Lipinski definition) is 5. The standard InChI is InChI=1S/C10H14N10O4S/c11-7(12)17-8(13)16-5-1-3-6(4-2-5)20-10(15)18-9(14)19-23-25(21,22)24-20/h1-4H,(H4,14,15,18,19)(H6,11,12,13,16,17). The SMILES string of the molecule is NC(N)=NC(N)=Nc1ccc(N2OS(=O)(=O)O/N=C(N)\N=C/2N)cc1. The quantitative estimate of drug-likeness (QED) is 0.270. The number of aliphatic imine (C=N–C) groups is 3. The highest BCUT2D eigenvalue weighted by Gasteiger charge is 2.25. The van der Waals surface area contributed by atoms with Gasteiger partial charge in [0, 0.05) is 0 Å². The fourth-order valence-electron chi connectivity index (χ4n) is 1.54. The van der Waals surface area contributed by atoms with E-state index in [0.717, 1.165) is 0 Å². The molecule has 1 aromatic carbocycles. The van der Waals surface area contributed by atoms with Crippen molar-refractivity contribution >= 4 is 45.6 Å². The Bertz CT molecular complexity index is 869. The lowest BCUT2D eigenvalue weighted by atomic mass is 10.3. The summed E-state index contributed by atoms with van der Waals surface area (Å²) < 4.78 is 31.9. The van der Waals surface area contributed by atoms with E-state index in [-0.39, 0.29) is 17.6 Å². The third-order valence-corrected chi connectivity index (χ3v) is 2.99. The molecule has 10 N–H and O–H groups in total. The molecule has 14 nitrogen and oxygen atoms in total. The minimum absolute atomic E-state index is 0.169. The highest BCUT2D eigenvalue weighted by molar-refractivity contribution is 7.81. The van der Waals surface area contributed by atoms with Gasteiger partial charge in [-0.15, -0.1) is 4.28 Å². The number of oxime groups is 1. The molecule has 0 saturated heterocycles. The Balaban J connectivity index is 2.34. The molecule has 2 rings (SSSR count). The summed E-state index contributed by atoms with van der Waals surface area (Å²) in [6, 6.07) is 5.75. The summed E-state index contributed by atoms with van der Waals surface area (Å²) in [5, 5.41) is 3.68. The summed E-state index contributed by atoms with van der Waals surface area (Å²) in [5.41, 5.74) is 27.4. The first-order valence-electron chi connectivity index (χ1n) is 6.31. The molecule has 0 saturated carbocycles. The van der Waals surface area contributed by atoms with Crippen LogP contribution in [0, 0.1) is 0 Å². The summed E-state index contributed by atoms with van der Waals surface area (Å²) in [5.74, 6) is -1.33. The molecule has 0 aliphatic carbocycles. The molecule has 25 heavy (non-hydrogen) atoms. The molecule has 134 valence electrons. The second-order valence-corrected chi connectivity index (χ2v) is 5.41. The molecule has 1 aliphatic heterocycles. The van der Waals surface area contributed by atoms with Gasteiger partial charge in [0.25, 0.3) is 5.96 Å². The molecular formula is C10H14N10O4S. The first kappa shape index (κ1) is 17.8. The average molecular weight is 370 g/mol. The predicted octanol–water partition coefficient (Wildman–Crippen LogP) is -2.54. The summed E-state index contributed by atoms with van der Waals surface area (Å²) in [7, 11) is -4.54. The number of rotatable bonds is 2. The minimum atomic E-state index is -4.54. The van der Waals surface area contributed by atoms with Gasteiger partial charge < -0.3 is 28.7 Å². The molecule has 0 spiro atoms. The van der Waals surface area contributed by atoms with E-state index in [0.29, 0.717) is 10.8 Å². The first-order valence-corrected chi connectivity index (χ1v) is 7.64. The zero-order chi connectivity index (χ0) is 18.6. The van der Waals surface area contributed by atoms with E-state index in [1.165, 1.54) is 24.3 Å². The number of benzene rings is 1. The van der Waals surface area contributed by atoms with Crippen molar-refractivity contribution in [2.45, 2.75) is 0 Å². The van der Waals surface area contributed by atoms with Crippen molar-refractivity contribution in [1.29, 1.82) is 0 Å². The van der Waals surface area contributed by atoms with Gasteiger partial charge in [-0.3, -0.25) is 0 Å². The molecule has 15 heteroatoms. The maximum atomic E-state index is 11.6. The van der Waals surface area contributed by atoms with Crippen molar-refractivity contribution in [3.63, 3.8) is 0 Å². The van der Waals surface area contributed by atoms with Crippen LogP contribution in [-0.2, 0) is 19.0 Å². The van der Waals surface area contributed by atoms with Gasteiger partial charge in [-0.2, -0.15) is 23.5 Å². The molecule has 0 bridgehead atoms. The summed E-state index contributed by atoms with van der Waals surface area (Å²) >= 11 is 0. The van der Waals surface area contributed by atoms with Crippen LogP contribution in [0.25, 0.3) is 0 Å². The maximum Gasteiger partial charge on any atom is 0.491 e. The molecule has 0 fully saturated rings. The highest BCUT2D eigenvalue weighted by atomic mass is 32.3. The Kier molecular flexibility index (Phi) is 4.89. The molecule has 0 aromatic heterocycles. The van der Waals surface area contributed by atoms with Crippen molar-refractivity contribution in [1.82, 2.24) is 0 Å². The Labute approximate surface area is 141 Å². The van der Waals surface area contributed by atoms with E-state index < -0.39 is 22.3 Å². The first-order chi connectivity index (χ1) is 11.7. The minimum Gasteiger partial charge on any atom is -0.370 e. The number of nitrogens with two attached hydrogens (primary N) is 5.